The van der Waals surface area contributed by atoms with Crippen LogP contribution in [0.25, 0.3) is 0 Å². The molecule has 1 aromatic rings. The third-order valence-electron chi connectivity index (χ3n) is 3.45. The molecule has 2 rings (SSSR count). The summed E-state index contributed by atoms with van der Waals surface area (Å²) in [5, 5.41) is 2.79. The lowest BCUT2D eigenvalue weighted by atomic mass is 10.1. The summed E-state index contributed by atoms with van der Waals surface area (Å²) >= 11 is 0. The average molecular weight is 276 g/mol. The maximum absolute atomic E-state index is 11.9. The van der Waals surface area contributed by atoms with Crippen LogP contribution in [0.2, 0.25) is 0 Å². The summed E-state index contributed by atoms with van der Waals surface area (Å²) in [7, 11) is 0. The van der Waals surface area contributed by atoms with Crippen molar-refractivity contribution in [1.29, 1.82) is 0 Å². The molecule has 1 atom stereocenters. The van der Waals surface area contributed by atoms with Crippen LogP contribution < -0.4 is 5.32 Å². The molecule has 1 saturated heterocycles. The molecular formula is C15H20N2O3. The number of rotatable bonds is 5. The fraction of sp³-hybridized carbons (Fsp3) is 0.467. The molecule has 1 heterocycles. The molecule has 1 aromatic carbocycles. The molecule has 0 aromatic heterocycles. The van der Waals surface area contributed by atoms with Gasteiger partial charge in [-0.1, -0.05) is 37.3 Å². The van der Waals surface area contributed by atoms with Gasteiger partial charge in [0.25, 0.3) is 0 Å². The van der Waals surface area contributed by atoms with Crippen LogP contribution >= 0.6 is 0 Å². The summed E-state index contributed by atoms with van der Waals surface area (Å²) in [4.78, 5) is 25.7. The summed E-state index contributed by atoms with van der Waals surface area (Å²) < 4.78 is 5.23. The Bertz CT molecular complexity index is 461. The van der Waals surface area contributed by atoms with Crippen LogP contribution in [-0.2, 0) is 20.9 Å². The Morgan fingerprint density at radius 1 is 1.40 bits per heavy atom. The number of carbonyl (C=O) groups is 2. The number of carbonyl (C=O) groups excluding carboxylic acids is 2. The van der Waals surface area contributed by atoms with Crippen molar-refractivity contribution in [1.82, 2.24) is 10.2 Å². The number of likely N-dealkylation sites (N-methyl/N-ethyl adjacent to an activating group) is 1. The minimum absolute atomic E-state index is 0.0882. The van der Waals surface area contributed by atoms with Crippen molar-refractivity contribution in [3.05, 3.63) is 35.9 Å². The first-order chi connectivity index (χ1) is 9.70. The lowest BCUT2D eigenvalue weighted by Gasteiger charge is -2.33. The summed E-state index contributed by atoms with van der Waals surface area (Å²) in [6.07, 6.45) is 0.104. The van der Waals surface area contributed by atoms with E-state index in [1.807, 2.05) is 42.2 Å². The van der Waals surface area contributed by atoms with Gasteiger partial charge in [0.1, 0.15) is 6.61 Å². The van der Waals surface area contributed by atoms with E-state index in [1.54, 1.807) is 0 Å². The number of nitrogens with one attached hydrogen (secondary N) is 1. The highest BCUT2D eigenvalue weighted by Crippen LogP contribution is 2.10. The van der Waals surface area contributed by atoms with Crippen molar-refractivity contribution in [2.75, 3.05) is 19.6 Å². The summed E-state index contributed by atoms with van der Waals surface area (Å²) in [5.41, 5.74) is 0.946. The predicted octanol–water partition coefficient (Wildman–Crippen LogP) is 0.940. The predicted molar refractivity (Wildman–Crippen MR) is 74.9 cm³/mol. The van der Waals surface area contributed by atoms with Gasteiger partial charge >= 0.3 is 5.97 Å². The molecular weight excluding hydrogens is 256 g/mol. The van der Waals surface area contributed by atoms with Gasteiger partial charge in [-0.2, -0.15) is 0 Å². The van der Waals surface area contributed by atoms with Crippen molar-refractivity contribution in [3.63, 3.8) is 0 Å². The average Bonchev–Trinajstić information content (AvgIpc) is 2.48. The van der Waals surface area contributed by atoms with Gasteiger partial charge in [-0.3, -0.25) is 14.5 Å². The minimum atomic E-state index is -0.406. The number of piperazine rings is 1. The first kappa shape index (κ1) is 14.5. The van der Waals surface area contributed by atoms with Gasteiger partial charge < -0.3 is 10.1 Å². The molecule has 1 N–H and O–H groups in total. The number of ether oxygens (including phenoxy) is 1. The van der Waals surface area contributed by atoms with E-state index >= 15 is 0 Å². The van der Waals surface area contributed by atoms with E-state index in [9.17, 15) is 9.59 Å². The Hall–Kier alpha value is -1.88. The molecule has 0 saturated carbocycles. The van der Waals surface area contributed by atoms with Gasteiger partial charge in [0.05, 0.1) is 12.5 Å². The van der Waals surface area contributed by atoms with Crippen LogP contribution in [0.15, 0.2) is 30.3 Å². The molecule has 1 aliphatic heterocycles. The molecule has 1 amide bonds. The monoisotopic (exact) mass is 276 g/mol. The molecule has 5 heteroatoms. The number of esters is 1. The van der Waals surface area contributed by atoms with Gasteiger partial charge in [-0.25, -0.2) is 0 Å². The third-order valence-corrected chi connectivity index (χ3v) is 3.45. The number of hydrogen-bond acceptors (Lipinski definition) is 4. The zero-order valence-electron chi connectivity index (χ0n) is 11.7. The highest BCUT2D eigenvalue weighted by Gasteiger charge is 2.30. The molecule has 5 nitrogen and oxygen atoms in total. The van der Waals surface area contributed by atoms with Gasteiger partial charge in [-0.15, -0.1) is 0 Å². The van der Waals surface area contributed by atoms with Gasteiger partial charge in [0, 0.05) is 13.1 Å². The van der Waals surface area contributed by atoms with E-state index in [-0.39, 0.29) is 24.9 Å². The Kier molecular flexibility index (Phi) is 5.12. The van der Waals surface area contributed by atoms with Crippen LogP contribution in [0, 0.1) is 0 Å². The topological polar surface area (TPSA) is 58.6 Å². The molecule has 108 valence electrons. The maximum atomic E-state index is 11.9. The van der Waals surface area contributed by atoms with Gasteiger partial charge in [0.15, 0.2) is 0 Å². The van der Waals surface area contributed by atoms with Crippen LogP contribution in [0.5, 0.6) is 0 Å². The Morgan fingerprint density at radius 2 is 2.15 bits per heavy atom. The Labute approximate surface area is 118 Å². The number of benzene rings is 1. The van der Waals surface area contributed by atoms with Crippen LogP contribution in [0.4, 0.5) is 0 Å². The Morgan fingerprint density at radius 3 is 2.85 bits per heavy atom. The first-order valence-corrected chi connectivity index (χ1v) is 6.92. The van der Waals surface area contributed by atoms with Crippen LogP contribution in [0.3, 0.4) is 0 Å². The number of nitrogens with zero attached hydrogens (tertiary/aromatic N) is 1. The fourth-order valence-electron chi connectivity index (χ4n) is 2.32. The standard InChI is InChI=1S/C15H20N2O3/c1-2-17-9-8-16-15(19)13(17)10-14(18)20-11-12-6-4-3-5-7-12/h3-7,13H,2,8-11H2,1H3,(H,16,19)/t13-/m1/s1. The summed E-state index contributed by atoms with van der Waals surface area (Å²) in [5.74, 6) is -0.427. The molecule has 0 unspecified atom stereocenters. The van der Waals surface area contributed by atoms with E-state index in [1.165, 1.54) is 0 Å². The molecule has 1 aliphatic rings. The molecule has 0 bridgehead atoms. The quantitative estimate of drug-likeness (QED) is 0.813. The second-order valence-corrected chi connectivity index (χ2v) is 4.79. The lowest BCUT2D eigenvalue weighted by Crippen LogP contribution is -2.55. The van der Waals surface area contributed by atoms with E-state index in [2.05, 4.69) is 5.32 Å². The molecule has 0 spiro atoms. The van der Waals surface area contributed by atoms with E-state index in [0.29, 0.717) is 6.54 Å². The first-order valence-electron chi connectivity index (χ1n) is 6.92. The van der Waals surface area contributed by atoms with Crippen molar-refractivity contribution in [3.8, 4) is 0 Å². The fourth-order valence-corrected chi connectivity index (χ4v) is 2.32. The zero-order valence-corrected chi connectivity index (χ0v) is 11.7. The highest BCUT2D eigenvalue weighted by molar-refractivity contribution is 5.87. The molecule has 0 radical (unpaired) electrons. The summed E-state index contributed by atoms with van der Waals surface area (Å²) in [6, 6.07) is 9.11. The minimum Gasteiger partial charge on any atom is -0.461 e. The smallest absolute Gasteiger partial charge is 0.308 e. The normalized spacial score (nSPS) is 19.4. The van der Waals surface area contributed by atoms with Crippen LogP contribution in [-0.4, -0.2) is 42.5 Å². The molecule has 0 aliphatic carbocycles. The van der Waals surface area contributed by atoms with Gasteiger partial charge in [-0.05, 0) is 12.1 Å². The van der Waals surface area contributed by atoms with Crippen molar-refractivity contribution in [2.45, 2.75) is 26.0 Å². The maximum Gasteiger partial charge on any atom is 0.308 e. The second-order valence-electron chi connectivity index (χ2n) is 4.79. The molecule has 1 fully saturated rings. The summed E-state index contributed by atoms with van der Waals surface area (Å²) in [6.45, 7) is 4.41. The van der Waals surface area contributed by atoms with Crippen molar-refractivity contribution >= 4 is 11.9 Å². The number of hydrogen-bond donors (Lipinski definition) is 1. The molecule has 20 heavy (non-hydrogen) atoms. The number of amides is 1. The van der Waals surface area contributed by atoms with Crippen molar-refractivity contribution < 1.29 is 14.3 Å². The lowest BCUT2D eigenvalue weighted by molar-refractivity contribution is -0.149. The van der Waals surface area contributed by atoms with Crippen molar-refractivity contribution in [2.24, 2.45) is 0 Å². The van der Waals surface area contributed by atoms with E-state index in [0.717, 1.165) is 18.7 Å². The second kappa shape index (κ2) is 7.05. The zero-order chi connectivity index (χ0) is 14.4. The van der Waals surface area contributed by atoms with Crippen LogP contribution in [0.1, 0.15) is 18.9 Å². The third kappa shape index (κ3) is 3.81. The largest absolute Gasteiger partial charge is 0.461 e. The van der Waals surface area contributed by atoms with Gasteiger partial charge in [0.2, 0.25) is 5.91 Å². The van der Waals surface area contributed by atoms with E-state index in [4.69, 9.17) is 4.74 Å². The Balaban J connectivity index is 1.85. The highest BCUT2D eigenvalue weighted by atomic mass is 16.5. The SMILES string of the molecule is CCN1CCNC(=O)[C@H]1CC(=O)OCc1ccccc1. The van der Waals surface area contributed by atoms with E-state index < -0.39 is 6.04 Å².